The average molecular weight is 510 g/mol. The first-order chi connectivity index (χ1) is 17.8. The van der Waals surface area contributed by atoms with Crippen LogP contribution in [-0.2, 0) is 17.5 Å². The summed E-state index contributed by atoms with van der Waals surface area (Å²) in [4.78, 5) is 28.0. The minimum absolute atomic E-state index is 0.0476. The molecule has 37 heavy (non-hydrogen) atoms. The van der Waals surface area contributed by atoms with Gasteiger partial charge in [0.25, 0.3) is 0 Å². The van der Waals surface area contributed by atoms with Crippen molar-refractivity contribution in [3.05, 3.63) is 65.2 Å². The summed E-state index contributed by atoms with van der Waals surface area (Å²) in [5.74, 6) is 1.27. The Labute approximate surface area is 212 Å². The Morgan fingerprint density at radius 2 is 1.78 bits per heavy atom. The second kappa shape index (κ2) is 11.2. The van der Waals surface area contributed by atoms with Crippen LogP contribution in [0.5, 0.6) is 0 Å². The third kappa shape index (κ3) is 6.52. The maximum Gasteiger partial charge on any atom is 0.416 e. The Balaban J connectivity index is 1.35. The van der Waals surface area contributed by atoms with E-state index in [2.05, 4.69) is 31.7 Å². The van der Waals surface area contributed by atoms with Crippen LogP contribution in [0.2, 0.25) is 0 Å². The van der Waals surface area contributed by atoms with Crippen molar-refractivity contribution in [2.24, 2.45) is 5.92 Å². The van der Waals surface area contributed by atoms with Crippen LogP contribution in [0.25, 0.3) is 11.4 Å². The molecule has 0 unspecified atom stereocenters. The van der Waals surface area contributed by atoms with Gasteiger partial charge in [-0.2, -0.15) is 33.4 Å². The monoisotopic (exact) mass is 509 g/mol. The molecule has 2 N–H and O–H groups in total. The summed E-state index contributed by atoms with van der Waals surface area (Å²) in [6.45, 7) is 1.10. The van der Waals surface area contributed by atoms with Gasteiger partial charge in [0.05, 0.1) is 17.2 Å². The van der Waals surface area contributed by atoms with E-state index in [0.717, 1.165) is 24.5 Å². The zero-order chi connectivity index (χ0) is 26.4. The molecular formula is C26H26F3N7O. The summed E-state index contributed by atoms with van der Waals surface area (Å²) in [7, 11) is 1.72. The van der Waals surface area contributed by atoms with Crippen molar-refractivity contribution in [3.63, 3.8) is 0 Å². The number of carbonyl (C=O) groups excluding carboxylic acids is 1. The molecule has 1 fully saturated rings. The molecule has 2 heterocycles. The van der Waals surface area contributed by atoms with E-state index >= 15 is 0 Å². The van der Waals surface area contributed by atoms with Gasteiger partial charge < -0.3 is 15.5 Å². The number of amides is 1. The number of anilines is 2. The van der Waals surface area contributed by atoms with Crippen LogP contribution in [0.1, 0.15) is 36.0 Å². The number of aromatic nitrogens is 3. The van der Waals surface area contributed by atoms with E-state index in [9.17, 15) is 18.0 Å². The van der Waals surface area contributed by atoms with Gasteiger partial charge in [0.2, 0.25) is 17.8 Å². The predicted molar refractivity (Wildman–Crippen MR) is 132 cm³/mol. The highest BCUT2D eigenvalue weighted by Gasteiger charge is 2.33. The lowest BCUT2D eigenvalue weighted by Crippen LogP contribution is -2.37. The Morgan fingerprint density at radius 3 is 2.43 bits per heavy atom. The maximum absolute atomic E-state index is 13.2. The second-order valence-electron chi connectivity index (χ2n) is 8.79. The predicted octanol–water partition coefficient (Wildman–Crippen LogP) is 4.39. The molecule has 1 aromatic heterocycles. The largest absolute Gasteiger partial charge is 0.416 e. The highest BCUT2D eigenvalue weighted by molar-refractivity contribution is 5.76. The van der Waals surface area contributed by atoms with Gasteiger partial charge in [-0.1, -0.05) is 18.2 Å². The molecule has 0 spiro atoms. The quantitative estimate of drug-likeness (QED) is 0.486. The number of piperidine rings is 1. The molecule has 1 aliphatic heterocycles. The lowest BCUT2D eigenvalue weighted by molar-refractivity contribution is -0.138. The van der Waals surface area contributed by atoms with E-state index < -0.39 is 11.7 Å². The van der Waals surface area contributed by atoms with Crippen molar-refractivity contribution in [2.75, 3.05) is 30.4 Å². The number of benzene rings is 2. The van der Waals surface area contributed by atoms with E-state index in [1.54, 1.807) is 31.3 Å². The molecule has 0 radical (unpaired) electrons. The van der Waals surface area contributed by atoms with Gasteiger partial charge in [0.15, 0.2) is 5.82 Å². The van der Waals surface area contributed by atoms with Crippen molar-refractivity contribution in [3.8, 4) is 17.5 Å². The first-order valence-corrected chi connectivity index (χ1v) is 11.9. The Hall–Kier alpha value is -4.20. The summed E-state index contributed by atoms with van der Waals surface area (Å²) in [5.41, 5.74) is 0.619. The van der Waals surface area contributed by atoms with Gasteiger partial charge in [-0.25, -0.2) is 0 Å². The third-order valence-electron chi connectivity index (χ3n) is 6.29. The van der Waals surface area contributed by atoms with Gasteiger partial charge in [-0.15, -0.1) is 0 Å². The van der Waals surface area contributed by atoms with Gasteiger partial charge in [0, 0.05) is 38.7 Å². The summed E-state index contributed by atoms with van der Waals surface area (Å²) < 4.78 is 39.5. The van der Waals surface area contributed by atoms with Gasteiger partial charge in [-0.3, -0.25) is 4.79 Å². The van der Waals surface area contributed by atoms with Crippen LogP contribution in [0.4, 0.5) is 25.1 Å². The van der Waals surface area contributed by atoms with Crippen LogP contribution in [0, 0.1) is 17.2 Å². The molecule has 2 aromatic carbocycles. The summed E-state index contributed by atoms with van der Waals surface area (Å²) in [6.07, 6.45) is -2.77. The van der Waals surface area contributed by atoms with Crippen molar-refractivity contribution in [1.82, 2.24) is 20.3 Å². The third-order valence-corrected chi connectivity index (χ3v) is 6.29. The first kappa shape index (κ1) is 25.9. The molecule has 8 nitrogen and oxygen atoms in total. The Bertz CT molecular complexity index is 1280. The molecule has 0 saturated carbocycles. The molecule has 3 aromatic rings. The zero-order valence-corrected chi connectivity index (χ0v) is 20.2. The Kier molecular flexibility index (Phi) is 7.86. The van der Waals surface area contributed by atoms with Crippen LogP contribution >= 0.6 is 0 Å². The van der Waals surface area contributed by atoms with E-state index in [1.807, 2.05) is 4.90 Å². The number of nitriles is 1. The maximum atomic E-state index is 13.2. The SMILES string of the molecule is CNc1nc(-c2ccc(C#N)cc2)nc(N2CCC(CC(=O)NCc3ccccc3C(F)(F)F)CC2)n1. The number of nitrogens with zero attached hydrogens (tertiary/aromatic N) is 5. The smallest absolute Gasteiger partial charge is 0.357 e. The van der Waals surface area contributed by atoms with Crippen LogP contribution in [0.3, 0.4) is 0 Å². The lowest BCUT2D eigenvalue weighted by atomic mass is 9.93. The van der Waals surface area contributed by atoms with Crippen molar-refractivity contribution in [1.29, 1.82) is 5.26 Å². The minimum atomic E-state index is -4.46. The first-order valence-electron chi connectivity index (χ1n) is 11.9. The standard InChI is InChI=1S/C26H26F3N7O/c1-31-24-33-23(19-8-6-18(15-30)7-9-19)34-25(35-24)36-12-10-17(11-13-36)14-22(37)32-16-20-4-2-3-5-21(20)26(27,28)29/h2-9,17H,10-14,16H2,1H3,(H,32,37)(H,31,33,34,35). The van der Waals surface area contributed by atoms with Crippen molar-refractivity contribution >= 4 is 17.8 Å². The fraction of sp³-hybridized carbons (Fsp3) is 0.346. The van der Waals surface area contributed by atoms with Crippen LogP contribution in [0.15, 0.2) is 48.5 Å². The molecular weight excluding hydrogens is 483 g/mol. The zero-order valence-electron chi connectivity index (χ0n) is 20.2. The van der Waals surface area contributed by atoms with E-state index in [4.69, 9.17) is 5.26 Å². The molecule has 0 bridgehead atoms. The van der Waals surface area contributed by atoms with Gasteiger partial charge >= 0.3 is 6.18 Å². The van der Waals surface area contributed by atoms with Crippen molar-refractivity contribution in [2.45, 2.75) is 32.0 Å². The van der Waals surface area contributed by atoms with E-state index in [-0.39, 0.29) is 30.4 Å². The average Bonchev–Trinajstić information content (AvgIpc) is 2.91. The summed E-state index contributed by atoms with van der Waals surface area (Å²) in [6, 6.07) is 14.3. The van der Waals surface area contributed by atoms with Crippen molar-refractivity contribution < 1.29 is 18.0 Å². The molecule has 0 atom stereocenters. The molecule has 1 aliphatic rings. The second-order valence-corrected chi connectivity index (χ2v) is 8.79. The number of halogens is 3. The number of carbonyl (C=O) groups is 1. The molecule has 0 aliphatic carbocycles. The van der Waals surface area contributed by atoms with E-state index in [0.29, 0.717) is 36.4 Å². The normalized spacial score (nSPS) is 14.2. The number of rotatable bonds is 7. The number of hydrogen-bond donors (Lipinski definition) is 2. The summed E-state index contributed by atoms with van der Waals surface area (Å²) >= 11 is 0. The van der Waals surface area contributed by atoms with Crippen LogP contribution in [-0.4, -0.2) is 41.0 Å². The Morgan fingerprint density at radius 1 is 1.08 bits per heavy atom. The fourth-order valence-electron chi connectivity index (χ4n) is 4.26. The minimum Gasteiger partial charge on any atom is -0.357 e. The highest BCUT2D eigenvalue weighted by Crippen LogP contribution is 2.32. The molecule has 4 rings (SSSR count). The van der Waals surface area contributed by atoms with E-state index in [1.165, 1.54) is 18.2 Å². The summed E-state index contributed by atoms with van der Waals surface area (Å²) in [5, 5.41) is 14.6. The topological polar surface area (TPSA) is 107 Å². The fourth-order valence-corrected chi connectivity index (χ4v) is 4.26. The van der Waals surface area contributed by atoms with Crippen LogP contribution < -0.4 is 15.5 Å². The molecule has 192 valence electrons. The number of hydrogen-bond acceptors (Lipinski definition) is 7. The number of nitrogens with one attached hydrogen (secondary N) is 2. The highest BCUT2D eigenvalue weighted by atomic mass is 19.4. The molecule has 1 amide bonds. The number of alkyl halides is 3. The molecule has 1 saturated heterocycles. The lowest BCUT2D eigenvalue weighted by Gasteiger charge is -2.32. The van der Waals surface area contributed by atoms with Gasteiger partial charge in [0.1, 0.15) is 0 Å². The van der Waals surface area contributed by atoms with Gasteiger partial charge in [-0.05, 0) is 54.7 Å². The molecule has 11 heteroatoms.